The van der Waals surface area contributed by atoms with Crippen molar-refractivity contribution in [1.82, 2.24) is 10.3 Å². The molecule has 2 rings (SSSR count). The lowest BCUT2D eigenvalue weighted by Crippen LogP contribution is -2.23. The molecule has 2 nitrogen and oxygen atoms in total. The molecule has 0 amide bonds. The van der Waals surface area contributed by atoms with Gasteiger partial charge in [0.2, 0.25) is 0 Å². The van der Waals surface area contributed by atoms with Gasteiger partial charge in [0.1, 0.15) is 0 Å². The first-order chi connectivity index (χ1) is 7.40. The summed E-state index contributed by atoms with van der Waals surface area (Å²) >= 11 is 0. The zero-order valence-electron chi connectivity index (χ0n) is 9.45. The fraction of sp³-hybridized carbons (Fsp3) is 0.615. The molecule has 82 valence electrons. The van der Waals surface area contributed by atoms with Crippen molar-refractivity contribution in [3.05, 3.63) is 30.1 Å². The van der Waals surface area contributed by atoms with Gasteiger partial charge in [0, 0.05) is 18.4 Å². The van der Waals surface area contributed by atoms with Gasteiger partial charge in [-0.3, -0.25) is 4.98 Å². The van der Waals surface area contributed by atoms with Crippen molar-refractivity contribution < 1.29 is 0 Å². The summed E-state index contributed by atoms with van der Waals surface area (Å²) in [6, 6.07) is 5.05. The predicted octanol–water partition coefficient (Wildman–Crippen LogP) is 2.72. The third-order valence-corrected chi connectivity index (χ3v) is 3.40. The molecule has 1 fully saturated rings. The molecular formula is C13H20N2. The van der Waals surface area contributed by atoms with E-state index in [4.69, 9.17) is 0 Å². The summed E-state index contributed by atoms with van der Waals surface area (Å²) in [7, 11) is 0. The van der Waals surface area contributed by atoms with Crippen LogP contribution in [0.25, 0.3) is 0 Å². The highest BCUT2D eigenvalue weighted by Gasteiger charge is 2.19. The number of aromatic nitrogens is 1. The molecule has 0 aromatic carbocycles. The largest absolute Gasteiger partial charge is 0.314 e. The summed E-state index contributed by atoms with van der Waals surface area (Å²) in [4.78, 5) is 4.08. The Labute approximate surface area is 92.1 Å². The molecule has 0 spiro atoms. The number of rotatable bonds is 4. The number of nitrogens with zero attached hydrogens (tertiary/aromatic N) is 1. The lowest BCUT2D eigenvalue weighted by Gasteiger charge is -2.19. The standard InChI is InChI=1S/C13H20N2/c1-2-11(10-13-4-3-7-15-13)12-5-8-14-9-6-12/h5-6,8-9,11,13,15H,2-4,7,10H2,1H3. The first kappa shape index (κ1) is 10.6. The normalized spacial score (nSPS) is 22.9. The van der Waals surface area contributed by atoms with Crippen molar-refractivity contribution in [2.24, 2.45) is 0 Å². The molecule has 1 aromatic rings. The Hall–Kier alpha value is -0.890. The van der Waals surface area contributed by atoms with E-state index >= 15 is 0 Å². The molecule has 1 N–H and O–H groups in total. The van der Waals surface area contributed by atoms with Gasteiger partial charge in [-0.25, -0.2) is 0 Å². The van der Waals surface area contributed by atoms with Crippen molar-refractivity contribution in [2.45, 2.75) is 44.6 Å². The molecule has 1 aliphatic rings. The number of hydrogen-bond acceptors (Lipinski definition) is 2. The molecule has 2 heterocycles. The van der Waals surface area contributed by atoms with Gasteiger partial charge in [0.25, 0.3) is 0 Å². The Morgan fingerprint density at radius 1 is 1.47 bits per heavy atom. The summed E-state index contributed by atoms with van der Waals surface area (Å²) < 4.78 is 0. The summed E-state index contributed by atoms with van der Waals surface area (Å²) in [5, 5.41) is 3.58. The van der Waals surface area contributed by atoms with Crippen LogP contribution >= 0.6 is 0 Å². The summed E-state index contributed by atoms with van der Waals surface area (Å²) in [6.45, 7) is 3.48. The second kappa shape index (κ2) is 5.26. The molecular weight excluding hydrogens is 184 g/mol. The van der Waals surface area contributed by atoms with E-state index in [9.17, 15) is 0 Å². The van der Waals surface area contributed by atoms with Crippen LogP contribution in [-0.2, 0) is 0 Å². The maximum Gasteiger partial charge on any atom is 0.0270 e. The van der Waals surface area contributed by atoms with E-state index in [1.807, 2.05) is 12.4 Å². The highest BCUT2D eigenvalue weighted by Crippen LogP contribution is 2.26. The van der Waals surface area contributed by atoms with E-state index in [2.05, 4.69) is 29.4 Å². The summed E-state index contributed by atoms with van der Waals surface area (Å²) in [5.74, 6) is 0.698. The van der Waals surface area contributed by atoms with Crippen LogP contribution in [0, 0.1) is 0 Å². The third kappa shape index (κ3) is 2.78. The van der Waals surface area contributed by atoms with Gasteiger partial charge >= 0.3 is 0 Å². The van der Waals surface area contributed by atoms with Crippen LogP contribution in [0.2, 0.25) is 0 Å². The van der Waals surface area contributed by atoms with Crippen molar-refractivity contribution in [1.29, 1.82) is 0 Å². The highest BCUT2D eigenvalue weighted by molar-refractivity contribution is 5.16. The summed E-state index contributed by atoms with van der Waals surface area (Å²) in [6.07, 6.45) is 9.00. The Kier molecular flexibility index (Phi) is 3.73. The maximum absolute atomic E-state index is 4.08. The minimum Gasteiger partial charge on any atom is -0.314 e. The van der Waals surface area contributed by atoms with Crippen molar-refractivity contribution in [3.63, 3.8) is 0 Å². The zero-order valence-corrected chi connectivity index (χ0v) is 9.45. The van der Waals surface area contributed by atoms with Gasteiger partial charge < -0.3 is 5.32 Å². The maximum atomic E-state index is 4.08. The Morgan fingerprint density at radius 2 is 2.27 bits per heavy atom. The van der Waals surface area contributed by atoms with Crippen molar-refractivity contribution in [2.75, 3.05) is 6.54 Å². The monoisotopic (exact) mass is 204 g/mol. The van der Waals surface area contributed by atoms with Crippen LogP contribution in [-0.4, -0.2) is 17.6 Å². The first-order valence-electron chi connectivity index (χ1n) is 6.03. The Balaban J connectivity index is 1.97. The van der Waals surface area contributed by atoms with Crippen LogP contribution in [0.15, 0.2) is 24.5 Å². The first-order valence-corrected chi connectivity index (χ1v) is 6.03. The molecule has 2 atom stereocenters. The van der Waals surface area contributed by atoms with Gasteiger partial charge in [-0.05, 0) is 55.8 Å². The van der Waals surface area contributed by atoms with Gasteiger partial charge in [0.15, 0.2) is 0 Å². The van der Waals surface area contributed by atoms with E-state index in [1.165, 1.54) is 37.8 Å². The SMILES string of the molecule is CCC(CC1CCCN1)c1ccncc1. The van der Waals surface area contributed by atoms with Crippen LogP contribution in [0.5, 0.6) is 0 Å². The topological polar surface area (TPSA) is 24.9 Å². The van der Waals surface area contributed by atoms with Crippen LogP contribution in [0.3, 0.4) is 0 Å². The third-order valence-electron chi connectivity index (χ3n) is 3.40. The second-order valence-corrected chi connectivity index (χ2v) is 4.41. The van der Waals surface area contributed by atoms with Crippen molar-refractivity contribution >= 4 is 0 Å². The lowest BCUT2D eigenvalue weighted by molar-refractivity contribution is 0.482. The van der Waals surface area contributed by atoms with Gasteiger partial charge in [0.05, 0.1) is 0 Å². The van der Waals surface area contributed by atoms with E-state index in [0.717, 1.165) is 6.04 Å². The molecule has 1 saturated heterocycles. The second-order valence-electron chi connectivity index (χ2n) is 4.41. The average Bonchev–Trinajstić information content (AvgIpc) is 2.80. The molecule has 0 saturated carbocycles. The quantitative estimate of drug-likeness (QED) is 0.815. The fourth-order valence-electron chi connectivity index (χ4n) is 2.48. The van der Waals surface area contributed by atoms with Gasteiger partial charge in [-0.2, -0.15) is 0 Å². The molecule has 2 heteroatoms. The van der Waals surface area contributed by atoms with E-state index in [1.54, 1.807) is 0 Å². The fourth-order valence-corrected chi connectivity index (χ4v) is 2.48. The molecule has 0 aliphatic carbocycles. The molecule has 15 heavy (non-hydrogen) atoms. The molecule has 1 aliphatic heterocycles. The van der Waals surface area contributed by atoms with E-state index in [-0.39, 0.29) is 0 Å². The van der Waals surface area contributed by atoms with Crippen LogP contribution in [0.1, 0.15) is 44.1 Å². The van der Waals surface area contributed by atoms with Crippen molar-refractivity contribution in [3.8, 4) is 0 Å². The van der Waals surface area contributed by atoms with E-state index < -0.39 is 0 Å². The zero-order chi connectivity index (χ0) is 10.5. The molecule has 2 unspecified atom stereocenters. The lowest BCUT2D eigenvalue weighted by atomic mass is 9.90. The smallest absolute Gasteiger partial charge is 0.0270 e. The molecule has 0 radical (unpaired) electrons. The number of hydrogen-bond donors (Lipinski definition) is 1. The van der Waals surface area contributed by atoms with Gasteiger partial charge in [-0.1, -0.05) is 6.92 Å². The van der Waals surface area contributed by atoms with E-state index in [0.29, 0.717) is 5.92 Å². The Morgan fingerprint density at radius 3 is 2.87 bits per heavy atom. The minimum absolute atomic E-state index is 0.698. The Bertz CT molecular complexity index is 278. The molecule has 0 bridgehead atoms. The number of pyridine rings is 1. The highest BCUT2D eigenvalue weighted by atomic mass is 14.9. The molecule has 1 aromatic heterocycles. The number of nitrogens with one attached hydrogen (secondary N) is 1. The predicted molar refractivity (Wildman–Crippen MR) is 62.9 cm³/mol. The van der Waals surface area contributed by atoms with Crippen LogP contribution < -0.4 is 5.32 Å². The van der Waals surface area contributed by atoms with Crippen LogP contribution in [0.4, 0.5) is 0 Å². The van der Waals surface area contributed by atoms with Gasteiger partial charge in [-0.15, -0.1) is 0 Å². The summed E-state index contributed by atoms with van der Waals surface area (Å²) in [5.41, 5.74) is 1.45. The minimum atomic E-state index is 0.698. The average molecular weight is 204 g/mol.